The van der Waals surface area contributed by atoms with Gasteiger partial charge in [-0.15, -0.1) is 0 Å². The molecule has 3 heterocycles. The van der Waals surface area contributed by atoms with E-state index in [0.717, 1.165) is 0 Å². The highest BCUT2D eigenvalue weighted by molar-refractivity contribution is 5.18. The number of hydrogen-bond donors (Lipinski definition) is 2. The number of halogens is 1. The van der Waals surface area contributed by atoms with Gasteiger partial charge in [-0.1, -0.05) is 0 Å². The molecule has 1 aromatic rings. The zero-order valence-corrected chi connectivity index (χ0v) is 12.9. The van der Waals surface area contributed by atoms with Gasteiger partial charge < -0.3 is 24.3 Å². The third-order valence-corrected chi connectivity index (χ3v) is 4.05. The van der Waals surface area contributed by atoms with E-state index in [1.807, 2.05) is 0 Å². The minimum atomic E-state index is -1.16. The first-order valence-electron chi connectivity index (χ1n) is 7.44. The molecule has 0 saturated carbocycles. The van der Waals surface area contributed by atoms with Crippen molar-refractivity contribution in [2.75, 3.05) is 13.2 Å². The van der Waals surface area contributed by atoms with Crippen LogP contribution in [0.1, 0.15) is 12.7 Å². The monoisotopic (exact) mass is 343 g/mol. The van der Waals surface area contributed by atoms with Crippen LogP contribution in [0, 0.1) is 10.1 Å². The Bertz CT molecular complexity index is 650. The van der Waals surface area contributed by atoms with E-state index < -0.39 is 35.3 Å². The Hall–Kier alpha value is -2.01. The van der Waals surface area contributed by atoms with E-state index in [-0.39, 0.29) is 25.6 Å². The maximum Gasteiger partial charge on any atom is 0.433 e. The second-order valence-electron chi connectivity index (χ2n) is 5.93. The fourth-order valence-electron chi connectivity index (χ4n) is 2.89. The van der Waals surface area contributed by atoms with Crippen LogP contribution < -0.4 is 0 Å². The number of nitro groups is 1. The average Bonchev–Trinajstić information content (AvgIpc) is 3.07. The zero-order valence-electron chi connectivity index (χ0n) is 12.9. The molecule has 4 atom stereocenters. The summed E-state index contributed by atoms with van der Waals surface area (Å²) in [7, 11) is 0. The fourth-order valence-corrected chi connectivity index (χ4v) is 2.89. The summed E-state index contributed by atoms with van der Waals surface area (Å²) in [5.74, 6) is -0.494. The number of aliphatic hydroxyl groups excluding tert-OH is 2. The van der Waals surface area contributed by atoms with Crippen molar-refractivity contribution in [3.63, 3.8) is 0 Å². The van der Waals surface area contributed by atoms with E-state index in [0.29, 0.717) is 5.76 Å². The maximum atomic E-state index is 13.9. The van der Waals surface area contributed by atoms with Crippen LogP contribution in [0.25, 0.3) is 0 Å². The highest BCUT2D eigenvalue weighted by Gasteiger charge is 2.43. The van der Waals surface area contributed by atoms with Gasteiger partial charge in [0.1, 0.15) is 28.7 Å². The maximum absolute atomic E-state index is 13.9. The molecule has 10 heteroatoms. The van der Waals surface area contributed by atoms with Gasteiger partial charge in [-0.05, 0) is 13.0 Å². The van der Waals surface area contributed by atoms with Crippen LogP contribution in [0.3, 0.4) is 0 Å². The molecule has 9 nitrogen and oxygen atoms in total. The highest BCUT2D eigenvalue weighted by Crippen LogP contribution is 2.27. The summed E-state index contributed by atoms with van der Waals surface area (Å²) in [6, 6.07) is 2.70. The summed E-state index contributed by atoms with van der Waals surface area (Å²) in [5, 5.41) is 30.4. The Morgan fingerprint density at radius 3 is 2.75 bits per heavy atom. The number of hydrogen-bond acceptors (Lipinski definition) is 8. The van der Waals surface area contributed by atoms with Crippen LogP contribution in [-0.2, 0) is 11.3 Å². The standard InChI is InChI=1S/C14H18FN3O6/c1-8-12(19)13(20)14(23-8)17-5-9(15)4-16(7-17)6-10-2-3-11(24-10)18(21)22/h2-3,5,8,12-14,19-20H,4,6-7H2,1H3/t8-,12-,13-,14-/m0/s1. The summed E-state index contributed by atoms with van der Waals surface area (Å²) in [6.45, 7) is 2.00. The molecular weight excluding hydrogens is 325 g/mol. The normalized spacial score (nSPS) is 31.3. The van der Waals surface area contributed by atoms with Crippen LogP contribution in [0.2, 0.25) is 0 Å². The molecule has 2 aliphatic heterocycles. The lowest BCUT2D eigenvalue weighted by Gasteiger charge is -2.37. The van der Waals surface area contributed by atoms with Crippen molar-refractivity contribution in [3.05, 3.63) is 40.0 Å². The number of aliphatic hydroxyl groups is 2. The molecule has 1 aromatic heterocycles. The van der Waals surface area contributed by atoms with Gasteiger partial charge in [-0.2, -0.15) is 0 Å². The summed E-state index contributed by atoms with van der Waals surface area (Å²) in [4.78, 5) is 13.1. The molecule has 1 saturated heterocycles. The molecule has 2 aliphatic rings. The molecule has 24 heavy (non-hydrogen) atoms. The predicted molar refractivity (Wildman–Crippen MR) is 78.0 cm³/mol. The van der Waals surface area contributed by atoms with Crippen molar-refractivity contribution in [1.29, 1.82) is 0 Å². The summed E-state index contributed by atoms with van der Waals surface area (Å²) < 4.78 is 24.5. The first-order valence-corrected chi connectivity index (χ1v) is 7.44. The van der Waals surface area contributed by atoms with Crippen LogP contribution in [-0.4, -0.2) is 62.7 Å². The van der Waals surface area contributed by atoms with Gasteiger partial charge in [0, 0.05) is 6.20 Å². The molecule has 0 unspecified atom stereocenters. The lowest BCUT2D eigenvalue weighted by molar-refractivity contribution is -0.402. The van der Waals surface area contributed by atoms with Crippen LogP contribution in [0.4, 0.5) is 10.3 Å². The van der Waals surface area contributed by atoms with Crippen LogP contribution >= 0.6 is 0 Å². The van der Waals surface area contributed by atoms with Crippen molar-refractivity contribution < 1.29 is 28.7 Å². The Morgan fingerprint density at radius 1 is 1.42 bits per heavy atom. The molecule has 0 spiro atoms. The third kappa shape index (κ3) is 3.26. The van der Waals surface area contributed by atoms with Gasteiger partial charge in [0.05, 0.1) is 31.9 Å². The predicted octanol–water partition coefficient (Wildman–Crippen LogP) is 0.540. The average molecular weight is 343 g/mol. The summed E-state index contributed by atoms with van der Waals surface area (Å²) in [6.07, 6.45) is -2.40. The Balaban J connectivity index is 1.69. The first kappa shape index (κ1) is 16.8. The Labute approximate surface area is 136 Å². The van der Waals surface area contributed by atoms with Crippen LogP contribution in [0.15, 0.2) is 28.6 Å². The molecule has 3 rings (SSSR count). The van der Waals surface area contributed by atoms with Gasteiger partial charge in [-0.3, -0.25) is 15.0 Å². The third-order valence-electron chi connectivity index (χ3n) is 4.05. The zero-order chi connectivity index (χ0) is 17.4. The molecule has 0 bridgehead atoms. The van der Waals surface area contributed by atoms with Crippen LogP contribution in [0.5, 0.6) is 0 Å². The lowest BCUT2D eigenvalue weighted by Crippen LogP contribution is -2.49. The fraction of sp³-hybridized carbons (Fsp3) is 0.571. The first-order chi connectivity index (χ1) is 11.3. The second kappa shape index (κ2) is 6.48. The molecule has 132 valence electrons. The van der Waals surface area contributed by atoms with Gasteiger partial charge in [-0.25, -0.2) is 4.39 Å². The summed E-state index contributed by atoms with van der Waals surface area (Å²) in [5.41, 5.74) is 0. The van der Waals surface area contributed by atoms with E-state index in [1.54, 1.807) is 11.8 Å². The number of nitrogens with zero attached hydrogens (tertiary/aromatic N) is 3. The summed E-state index contributed by atoms with van der Waals surface area (Å²) >= 11 is 0. The van der Waals surface area contributed by atoms with Crippen molar-refractivity contribution in [3.8, 4) is 0 Å². The van der Waals surface area contributed by atoms with Gasteiger partial charge >= 0.3 is 5.88 Å². The van der Waals surface area contributed by atoms with Crippen molar-refractivity contribution in [1.82, 2.24) is 9.80 Å². The van der Waals surface area contributed by atoms with Gasteiger partial charge in [0.2, 0.25) is 0 Å². The smallest absolute Gasteiger partial charge is 0.404 e. The minimum absolute atomic E-state index is 0.00587. The molecule has 0 amide bonds. The largest absolute Gasteiger partial charge is 0.433 e. The van der Waals surface area contributed by atoms with E-state index in [9.17, 15) is 24.7 Å². The van der Waals surface area contributed by atoms with Crippen molar-refractivity contribution >= 4 is 5.88 Å². The van der Waals surface area contributed by atoms with E-state index >= 15 is 0 Å². The topological polar surface area (TPSA) is 112 Å². The second-order valence-corrected chi connectivity index (χ2v) is 5.93. The number of rotatable bonds is 4. The number of furan rings is 1. The van der Waals surface area contributed by atoms with E-state index in [4.69, 9.17) is 9.15 Å². The van der Waals surface area contributed by atoms with Gasteiger partial charge in [0.25, 0.3) is 0 Å². The highest BCUT2D eigenvalue weighted by atomic mass is 19.1. The number of ether oxygens (including phenoxy) is 1. The SMILES string of the molecule is C[C@@H]1O[C@H](N2C=C(F)CN(Cc3ccc([N+](=O)[O-])o3)C2)[C@@H](O)[C@H]1O. The minimum Gasteiger partial charge on any atom is -0.404 e. The molecule has 0 radical (unpaired) electrons. The molecule has 0 aromatic carbocycles. The van der Waals surface area contributed by atoms with E-state index in [2.05, 4.69) is 0 Å². The Kier molecular flexibility index (Phi) is 4.54. The van der Waals surface area contributed by atoms with Crippen molar-refractivity contribution in [2.45, 2.75) is 38.0 Å². The molecule has 1 fully saturated rings. The molecular formula is C14H18FN3O6. The van der Waals surface area contributed by atoms with Crippen molar-refractivity contribution in [2.24, 2.45) is 0 Å². The van der Waals surface area contributed by atoms with Gasteiger partial charge in [0.15, 0.2) is 6.23 Å². The Morgan fingerprint density at radius 2 is 2.17 bits per heavy atom. The molecule has 2 N–H and O–H groups in total. The van der Waals surface area contributed by atoms with E-state index in [1.165, 1.54) is 23.2 Å². The lowest BCUT2D eigenvalue weighted by atomic mass is 10.1. The molecule has 0 aliphatic carbocycles. The quantitative estimate of drug-likeness (QED) is 0.602.